The van der Waals surface area contributed by atoms with Crippen molar-refractivity contribution < 1.29 is 0 Å². The van der Waals surface area contributed by atoms with E-state index in [0.717, 1.165) is 38.9 Å². The Morgan fingerprint density at radius 2 is 1.12 bits per heavy atom. The molecule has 9 aromatic rings. The van der Waals surface area contributed by atoms with Crippen molar-refractivity contribution in [3.05, 3.63) is 175 Å². The normalized spacial score (nSPS) is 11.5. The van der Waals surface area contributed by atoms with Gasteiger partial charge in [0.25, 0.3) is 0 Å². The molecule has 0 N–H and O–H groups in total. The van der Waals surface area contributed by atoms with Crippen LogP contribution < -0.4 is 0 Å². The van der Waals surface area contributed by atoms with E-state index in [1.807, 2.05) is 12.1 Å². The molecule has 3 heteroatoms. The number of rotatable bonds is 5. The van der Waals surface area contributed by atoms with Crippen LogP contribution in [-0.2, 0) is 0 Å². The molecule has 2 heterocycles. The number of hydrogen-bond acceptors (Lipinski definition) is 2. The van der Waals surface area contributed by atoms with Crippen molar-refractivity contribution in [3.63, 3.8) is 0 Å². The second-order valence-corrected chi connectivity index (χ2v) is 12.7. The van der Waals surface area contributed by atoms with E-state index in [0.29, 0.717) is 5.82 Å². The van der Waals surface area contributed by atoms with E-state index in [4.69, 9.17) is 9.97 Å². The van der Waals surface area contributed by atoms with E-state index in [1.54, 1.807) is 0 Å². The molecule has 0 radical (unpaired) electrons. The second kappa shape index (κ2) is 11.7. The molecule has 0 bridgehead atoms. The predicted octanol–water partition coefficient (Wildman–Crippen LogP) is 12.0. The Kier molecular flexibility index (Phi) is 6.91. The van der Waals surface area contributed by atoms with E-state index >= 15 is 0 Å². The Morgan fingerprint density at radius 1 is 0.469 bits per heavy atom. The smallest absolute Gasteiger partial charge is 0.160 e. The highest BCUT2D eigenvalue weighted by molar-refractivity contribution is 6.17. The van der Waals surface area contributed by atoms with Gasteiger partial charge >= 0.3 is 0 Å². The van der Waals surface area contributed by atoms with Crippen LogP contribution in [0.25, 0.3) is 83.3 Å². The average molecular weight is 628 g/mol. The summed E-state index contributed by atoms with van der Waals surface area (Å²) >= 11 is 0. The number of aryl methyl sites for hydroxylation is 1. The number of hydrogen-bond donors (Lipinski definition) is 0. The molecule has 0 spiro atoms. The topological polar surface area (TPSA) is 30.7 Å². The first kappa shape index (κ1) is 28.9. The molecule has 0 aliphatic rings. The molecule has 9 rings (SSSR count). The quantitative estimate of drug-likeness (QED) is 0.190. The molecule has 232 valence electrons. The van der Waals surface area contributed by atoms with Crippen LogP contribution in [0.2, 0.25) is 0 Å². The van der Waals surface area contributed by atoms with Gasteiger partial charge in [-0.05, 0) is 72.0 Å². The van der Waals surface area contributed by atoms with Crippen LogP contribution in [0.1, 0.15) is 11.1 Å². The molecule has 0 amide bonds. The first-order chi connectivity index (χ1) is 24.2. The van der Waals surface area contributed by atoms with Gasteiger partial charge in [0.15, 0.2) is 5.82 Å². The lowest BCUT2D eigenvalue weighted by atomic mass is 9.88. The molecule has 0 fully saturated rings. The fraction of sp³-hybridized carbons (Fsp3) is 0.0435. The molecule has 0 atom stereocenters. The van der Waals surface area contributed by atoms with Crippen molar-refractivity contribution in [2.24, 2.45) is 0 Å². The first-order valence-electron chi connectivity index (χ1n) is 16.8. The zero-order chi connectivity index (χ0) is 32.9. The SMILES string of the molecule is Cc1ccccc1-c1c(C)c(-c2ccccc2)cc2c3ccc(-c4nc(-c5ccccc5)c5ccccc5n4)cc3n(-c3ccccc3)c12. The fourth-order valence-corrected chi connectivity index (χ4v) is 7.38. The van der Waals surface area contributed by atoms with Gasteiger partial charge in [0.1, 0.15) is 0 Å². The maximum Gasteiger partial charge on any atom is 0.160 e. The largest absolute Gasteiger partial charge is 0.309 e. The molecule has 49 heavy (non-hydrogen) atoms. The van der Waals surface area contributed by atoms with Gasteiger partial charge in [-0.15, -0.1) is 0 Å². The highest BCUT2D eigenvalue weighted by atomic mass is 15.0. The minimum Gasteiger partial charge on any atom is -0.309 e. The molecule has 0 unspecified atom stereocenters. The van der Waals surface area contributed by atoms with Crippen LogP contribution >= 0.6 is 0 Å². The van der Waals surface area contributed by atoms with Crippen molar-refractivity contribution in [2.45, 2.75) is 13.8 Å². The third-order valence-corrected chi connectivity index (χ3v) is 9.73. The van der Waals surface area contributed by atoms with Gasteiger partial charge < -0.3 is 4.57 Å². The Bertz CT molecular complexity index is 2660. The number of para-hydroxylation sites is 2. The third kappa shape index (κ3) is 4.82. The lowest BCUT2D eigenvalue weighted by Crippen LogP contribution is -1.99. The van der Waals surface area contributed by atoms with Crippen LogP contribution in [0.3, 0.4) is 0 Å². The number of aromatic nitrogens is 3. The highest BCUT2D eigenvalue weighted by Gasteiger charge is 2.23. The average Bonchev–Trinajstić information content (AvgIpc) is 3.48. The van der Waals surface area contributed by atoms with Crippen molar-refractivity contribution >= 4 is 32.7 Å². The summed E-state index contributed by atoms with van der Waals surface area (Å²) in [5.41, 5.74) is 14.8. The highest BCUT2D eigenvalue weighted by Crippen LogP contribution is 2.45. The molecule has 2 aromatic heterocycles. The molecule has 0 saturated carbocycles. The Labute approximate surface area is 285 Å². The lowest BCUT2D eigenvalue weighted by Gasteiger charge is -2.18. The number of benzene rings is 7. The van der Waals surface area contributed by atoms with Crippen LogP contribution in [0.5, 0.6) is 0 Å². The van der Waals surface area contributed by atoms with Crippen molar-refractivity contribution in [3.8, 4) is 50.6 Å². The van der Waals surface area contributed by atoms with Crippen LogP contribution in [0, 0.1) is 13.8 Å². The van der Waals surface area contributed by atoms with Crippen LogP contribution in [0.15, 0.2) is 164 Å². The monoisotopic (exact) mass is 627 g/mol. The zero-order valence-electron chi connectivity index (χ0n) is 27.4. The number of nitrogens with zero attached hydrogens (tertiary/aromatic N) is 3. The Morgan fingerprint density at radius 3 is 1.88 bits per heavy atom. The molecule has 3 nitrogen and oxygen atoms in total. The maximum absolute atomic E-state index is 5.23. The lowest BCUT2D eigenvalue weighted by molar-refractivity contribution is 1.17. The summed E-state index contributed by atoms with van der Waals surface area (Å²) in [6.45, 7) is 4.49. The van der Waals surface area contributed by atoms with Gasteiger partial charge in [-0.2, -0.15) is 0 Å². The summed E-state index contributed by atoms with van der Waals surface area (Å²) in [7, 11) is 0. The van der Waals surface area contributed by atoms with Crippen LogP contribution in [0.4, 0.5) is 0 Å². The van der Waals surface area contributed by atoms with Crippen molar-refractivity contribution in [2.75, 3.05) is 0 Å². The third-order valence-electron chi connectivity index (χ3n) is 9.73. The summed E-state index contributed by atoms with van der Waals surface area (Å²) in [6, 6.07) is 58.0. The van der Waals surface area contributed by atoms with E-state index in [1.165, 1.54) is 49.7 Å². The molecule has 0 aliphatic carbocycles. The van der Waals surface area contributed by atoms with Gasteiger partial charge in [0.2, 0.25) is 0 Å². The Hall–Kier alpha value is -6.32. The summed E-state index contributed by atoms with van der Waals surface area (Å²) in [4.78, 5) is 10.3. The molecule has 0 aliphatic heterocycles. The van der Waals surface area contributed by atoms with Crippen molar-refractivity contribution in [1.82, 2.24) is 14.5 Å². The summed E-state index contributed by atoms with van der Waals surface area (Å²) in [5.74, 6) is 0.713. The second-order valence-electron chi connectivity index (χ2n) is 12.7. The fourth-order valence-electron chi connectivity index (χ4n) is 7.38. The van der Waals surface area contributed by atoms with E-state index in [2.05, 4.69) is 170 Å². The zero-order valence-corrected chi connectivity index (χ0v) is 27.4. The van der Waals surface area contributed by atoms with Crippen LogP contribution in [-0.4, -0.2) is 14.5 Å². The first-order valence-corrected chi connectivity index (χ1v) is 16.8. The Balaban J connectivity index is 1.40. The maximum atomic E-state index is 5.23. The van der Waals surface area contributed by atoms with Gasteiger partial charge in [-0.1, -0.05) is 133 Å². The van der Waals surface area contributed by atoms with E-state index in [9.17, 15) is 0 Å². The minimum absolute atomic E-state index is 0.713. The summed E-state index contributed by atoms with van der Waals surface area (Å²) < 4.78 is 2.44. The standard InChI is InChI=1S/C46H33N3/c1-30-16-12-13-23-36(30)43-31(2)39(32-17-6-3-7-18-32)29-40-37-27-26-34(28-42(37)49(45(40)43)35-21-10-5-11-22-35)46-47-41-25-15-14-24-38(41)44(48-46)33-19-8-4-9-20-33/h3-29H,1-2H3. The molecule has 7 aromatic carbocycles. The van der Waals surface area contributed by atoms with E-state index in [-0.39, 0.29) is 0 Å². The van der Waals surface area contributed by atoms with Gasteiger partial charge in [0.05, 0.1) is 22.2 Å². The molecular weight excluding hydrogens is 595 g/mol. The minimum atomic E-state index is 0.713. The van der Waals surface area contributed by atoms with Crippen molar-refractivity contribution in [1.29, 1.82) is 0 Å². The van der Waals surface area contributed by atoms with Gasteiger partial charge in [-0.3, -0.25) is 0 Å². The summed E-state index contributed by atoms with van der Waals surface area (Å²) in [6.07, 6.45) is 0. The summed E-state index contributed by atoms with van der Waals surface area (Å²) in [5, 5.41) is 3.46. The molecule has 0 saturated heterocycles. The van der Waals surface area contributed by atoms with Gasteiger partial charge in [-0.25, -0.2) is 9.97 Å². The predicted molar refractivity (Wildman–Crippen MR) is 205 cm³/mol. The molecular formula is C46H33N3. The van der Waals surface area contributed by atoms with Gasteiger partial charge in [0, 0.05) is 38.5 Å². The van der Waals surface area contributed by atoms with E-state index < -0.39 is 0 Å². The number of fused-ring (bicyclic) bond motifs is 4.